The second kappa shape index (κ2) is 7.04. The van der Waals surface area contributed by atoms with Crippen LogP contribution in [0, 0.1) is 6.92 Å². The molecule has 8 heteroatoms. The maximum Gasteiger partial charge on any atom is 0.343 e. The summed E-state index contributed by atoms with van der Waals surface area (Å²) < 4.78 is 7.41. The lowest BCUT2D eigenvalue weighted by Crippen LogP contribution is -2.17. The third-order valence-corrected chi connectivity index (χ3v) is 4.62. The molecule has 0 aliphatic carbocycles. The molecule has 0 aliphatic rings. The molecule has 7 nitrogen and oxygen atoms in total. The minimum atomic E-state index is -0.197. The normalized spacial score (nSPS) is 12.5. The lowest BCUT2D eigenvalue weighted by Gasteiger charge is -2.07. The number of benzene rings is 1. The minimum Gasteiger partial charge on any atom is -0.419 e. The van der Waals surface area contributed by atoms with Crippen molar-refractivity contribution in [1.29, 1.82) is 0 Å². The molecule has 0 bridgehead atoms. The topological polar surface area (TPSA) is 89.6 Å². The molecule has 1 N–H and O–H groups in total. The number of nitrogens with one attached hydrogen (secondary N) is 1. The SMILES string of the molecule is CCCn1c(S[C@H](C)c2nnc(-c3ccc(C)cc3)o2)n[nH]c1=O. The van der Waals surface area contributed by atoms with Crippen LogP contribution in [0.15, 0.2) is 38.6 Å². The van der Waals surface area contributed by atoms with Crippen molar-refractivity contribution in [3.63, 3.8) is 0 Å². The summed E-state index contributed by atoms with van der Waals surface area (Å²) in [6.45, 7) is 6.62. The molecule has 3 aromatic rings. The Bertz CT molecular complexity index is 865. The van der Waals surface area contributed by atoms with Gasteiger partial charge in [-0.3, -0.25) is 4.57 Å². The number of thioether (sulfide) groups is 1. The van der Waals surface area contributed by atoms with Gasteiger partial charge in [0.15, 0.2) is 5.16 Å². The highest BCUT2D eigenvalue weighted by atomic mass is 32.2. The average molecular weight is 345 g/mol. The van der Waals surface area contributed by atoms with Crippen LogP contribution in [0.3, 0.4) is 0 Å². The quantitative estimate of drug-likeness (QED) is 0.690. The van der Waals surface area contributed by atoms with Gasteiger partial charge in [0, 0.05) is 12.1 Å². The summed E-state index contributed by atoms with van der Waals surface area (Å²) in [5, 5.41) is 15.3. The van der Waals surface area contributed by atoms with E-state index in [4.69, 9.17) is 4.42 Å². The fourth-order valence-electron chi connectivity index (χ4n) is 2.23. The van der Waals surface area contributed by atoms with Crippen molar-refractivity contribution in [2.45, 2.75) is 44.1 Å². The first-order chi connectivity index (χ1) is 11.6. The Hall–Kier alpha value is -2.35. The van der Waals surface area contributed by atoms with Crippen LogP contribution in [0.5, 0.6) is 0 Å². The lowest BCUT2D eigenvalue weighted by molar-refractivity contribution is 0.508. The number of aryl methyl sites for hydroxylation is 1. The first-order valence-electron chi connectivity index (χ1n) is 7.80. The van der Waals surface area contributed by atoms with E-state index >= 15 is 0 Å². The van der Waals surface area contributed by atoms with Gasteiger partial charge in [0.25, 0.3) is 0 Å². The highest BCUT2D eigenvalue weighted by molar-refractivity contribution is 7.99. The fourth-order valence-corrected chi connectivity index (χ4v) is 3.15. The van der Waals surface area contributed by atoms with Crippen molar-refractivity contribution < 1.29 is 4.42 Å². The van der Waals surface area contributed by atoms with Gasteiger partial charge in [0.1, 0.15) is 0 Å². The van der Waals surface area contributed by atoms with Gasteiger partial charge in [-0.1, -0.05) is 36.4 Å². The number of hydrogen-bond acceptors (Lipinski definition) is 6. The van der Waals surface area contributed by atoms with Gasteiger partial charge >= 0.3 is 5.69 Å². The lowest BCUT2D eigenvalue weighted by atomic mass is 10.1. The summed E-state index contributed by atoms with van der Waals surface area (Å²) in [5.74, 6) is 1.000. The fraction of sp³-hybridized carbons (Fsp3) is 0.375. The molecule has 2 heterocycles. The Morgan fingerprint density at radius 2 is 2.04 bits per heavy atom. The zero-order chi connectivity index (χ0) is 17.1. The van der Waals surface area contributed by atoms with Gasteiger partial charge in [-0.25, -0.2) is 9.89 Å². The highest BCUT2D eigenvalue weighted by Gasteiger charge is 2.19. The highest BCUT2D eigenvalue weighted by Crippen LogP contribution is 2.33. The molecule has 24 heavy (non-hydrogen) atoms. The molecule has 1 aromatic carbocycles. The van der Waals surface area contributed by atoms with E-state index in [1.54, 1.807) is 4.57 Å². The molecular weight excluding hydrogens is 326 g/mol. The van der Waals surface area contributed by atoms with Gasteiger partial charge in [-0.05, 0) is 32.4 Å². The summed E-state index contributed by atoms with van der Waals surface area (Å²) in [4.78, 5) is 11.7. The van der Waals surface area contributed by atoms with E-state index in [0.29, 0.717) is 23.5 Å². The van der Waals surface area contributed by atoms with Crippen LogP contribution < -0.4 is 5.69 Å². The van der Waals surface area contributed by atoms with E-state index in [1.807, 2.05) is 45.0 Å². The summed E-state index contributed by atoms with van der Waals surface area (Å²) >= 11 is 1.42. The smallest absolute Gasteiger partial charge is 0.343 e. The van der Waals surface area contributed by atoms with Crippen LogP contribution in [-0.2, 0) is 6.54 Å². The molecule has 0 amide bonds. The monoisotopic (exact) mass is 345 g/mol. The summed E-state index contributed by atoms with van der Waals surface area (Å²) in [6.07, 6.45) is 0.861. The van der Waals surface area contributed by atoms with E-state index in [2.05, 4.69) is 20.4 Å². The predicted octanol–water partition coefficient (Wildman–Crippen LogP) is 3.19. The van der Waals surface area contributed by atoms with Crippen molar-refractivity contribution in [1.82, 2.24) is 25.0 Å². The number of aromatic nitrogens is 5. The number of H-pyrrole nitrogens is 1. The molecule has 3 rings (SSSR count). The third kappa shape index (κ3) is 3.43. The molecule has 0 fully saturated rings. The Morgan fingerprint density at radius 1 is 1.29 bits per heavy atom. The second-order valence-corrected chi connectivity index (χ2v) is 6.84. The van der Waals surface area contributed by atoms with Crippen molar-refractivity contribution in [3.8, 4) is 11.5 Å². The van der Waals surface area contributed by atoms with Crippen molar-refractivity contribution in [2.24, 2.45) is 0 Å². The first-order valence-corrected chi connectivity index (χ1v) is 8.68. The van der Waals surface area contributed by atoms with Crippen LogP contribution in [0.1, 0.15) is 37.0 Å². The second-order valence-electron chi connectivity index (χ2n) is 5.53. The Balaban J connectivity index is 1.78. The molecule has 126 valence electrons. The van der Waals surface area contributed by atoms with E-state index in [-0.39, 0.29) is 10.9 Å². The number of nitrogens with zero attached hydrogens (tertiary/aromatic N) is 4. The average Bonchev–Trinajstić information content (AvgIpc) is 3.18. The minimum absolute atomic E-state index is 0.109. The van der Waals surface area contributed by atoms with Crippen LogP contribution in [0.2, 0.25) is 0 Å². The van der Waals surface area contributed by atoms with E-state index in [0.717, 1.165) is 12.0 Å². The molecule has 0 aliphatic heterocycles. The molecule has 2 aromatic heterocycles. The Labute approximate surface area is 143 Å². The number of hydrogen-bond donors (Lipinski definition) is 1. The maximum atomic E-state index is 11.7. The summed E-state index contributed by atoms with van der Waals surface area (Å²) in [6, 6.07) is 7.92. The molecule has 0 unspecified atom stereocenters. The largest absolute Gasteiger partial charge is 0.419 e. The van der Waals surface area contributed by atoms with Crippen molar-refractivity contribution >= 4 is 11.8 Å². The van der Waals surface area contributed by atoms with Gasteiger partial charge in [0.05, 0.1) is 5.25 Å². The maximum absolute atomic E-state index is 11.7. The predicted molar refractivity (Wildman–Crippen MR) is 91.9 cm³/mol. The zero-order valence-corrected chi connectivity index (χ0v) is 14.6. The van der Waals surface area contributed by atoms with Crippen LogP contribution in [0.4, 0.5) is 0 Å². The number of aromatic amines is 1. The summed E-state index contributed by atoms with van der Waals surface area (Å²) in [7, 11) is 0. The third-order valence-electron chi connectivity index (χ3n) is 3.54. The van der Waals surface area contributed by atoms with Crippen molar-refractivity contribution in [2.75, 3.05) is 0 Å². The molecule has 0 saturated heterocycles. The molecule has 0 spiro atoms. The van der Waals surface area contributed by atoms with Gasteiger partial charge in [-0.15, -0.1) is 15.3 Å². The van der Waals surface area contributed by atoms with E-state index < -0.39 is 0 Å². The molecular formula is C16H19N5O2S. The number of rotatable bonds is 6. The van der Waals surface area contributed by atoms with Crippen LogP contribution in [-0.4, -0.2) is 25.0 Å². The zero-order valence-electron chi connectivity index (χ0n) is 13.8. The Kier molecular flexibility index (Phi) is 4.84. The van der Waals surface area contributed by atoms with Crippen LogP contribution >= 0.6 is 11.8 Å². The van der Waals surface area contributed by atoms with Crippen molar-refractivity contribution in [3.05, 3.63) is 46.2 Å². The standard InChI is InChI=1S/C16H19N5O2S/c1-4-9-21-15(22)19-20-16(21)24-11(3)13-17-18-14(23-13)12-7-5-10(2)6-8-12/h5-8,11H,4,9H2,1-3H3,(H,19,22)/t11-/m1/s1. The van der Waals surface area contributed by atoms with Gasteiger partial charge < -0.3 is 4.42 Å². The molecule has 0 saturated carbocycles. The van der Waals surface area contributed by atoms with Gasteiger partial charge in [-0.2, -0.15) is 0 Å². The molecule has 0 radical (unpaired) electrons. The van der Waals surface area contributed by atoms with E-state index in [9.17, 15) is 4.79 Å². The first kappa shape index (κ1) is 16.5. The van der Waals surface area contributed by atoms with Crippen LogP contribution in [0.25, 0.3) is 11.5 Å². The Morgan fingerprint density at radius 3 is 2.75 bits per heavy atom. The molecule has 1 atom stereocenters. The summed E-state index contributed by atoms with van der Waals surface area (Å²) in [5.41, 5.74) is 1.87. The van der Waals surface area contributed by atoms with Gasteiger partial charge in [0.2, 0.25) is 11.8 Å². The van der Waals surface area contributed by atoms with E-state index in [1.165, 1.54) is 17.3 Å².